The molecule has 22 heavy (non-hydrogen) atoms. The van der Waals surface area contributed by atoms with E-state index in [0.717, 1.165) is 0 Å². The molecule has 0 spiro atoms. The van der Waals surface area contributed by atoms with Crippen molar-refractivity contribution in [3.05, 3.63) is 24.7 Å². The predicted octanol–water partition coefficient (Wildman–Crippen LogP) is 0.635. The molecule has 0 unspecified atom stereocenters. The van der Waals surface area contributed by atoms with Crippen LogP contribution in [0.25, 0.3) is 17.1 Å². The van der Waals surface area contributed by atoms with Crippen LogP contribution in [0.15, 0.2) is 19.1 Å². The van der Waals surface area contributed by atoms with Gasteiger partial charge in [0.25, 0.3) is 0 Å². The number of alkyl halides is 1. The van der Waals surface area contributed by atoms with Crippen molar-refractivity contribution in [1.29, 1.82) is 0 Å². The van der Waals surface area contributed by atoms with Gasteiger partial charge in [-0.05, 0) is 6.92 Å². The average Bonchev–Trinajstić information content (AvgIpc) is 2.97. The van der Waals surface area contributed by atoms with Crippen LogP contribution >= 0.6 is 0 Å². The number of nitrogen functional groups attached to an aromatic ring is 1. The summed E-state index contributed by atoms with van der Waals surface area (Å²) in [6.07, 6.45) is 0.812. The van der Waals surface area contributed by atoms with E-state index in [-0.39, 0.29) is 5.82 Å². The zero-order valence-electron chi connectivity index (χ0n) is 12.0. The van der Waals surface area contributed by atoms with Crippen molar-refractivity contribution >= 4 is 22.9 Å². The second kappa shape index (κ2) is 5.01. The number of anilines is 1. The minimum absolute atomic E-state index is 0.247. The molecule has 1 aliphatic rings. The number of ether oxygens (including phenoxy) is 1. The predicted molar refractivity (Wildman–Crippen MR) is 78.5 cm³/mol. The summed E-state index contributed by atoms with van der Waals surface area (Å²) in [7, 11) is 0. The third kappa shape index (κ3) is 1.92. The lowest BCUT2D eigenvalue weighted by atomic mass is 9.98. The fraction of sp³-hybridized carbons (Fsp3) is 0.429. The third-order valence-corrected chi connectivity index (χ3v) is 4.04. The zero-order valence-corrected chi connectivity index (χ0v) is 12.0. The number of aliphatic hydroxyl groups is 2. The van der Waals surface area contributed by atoms with Crippen LogP contribution in [0.4, 0.5) is 10.2 Å². The molecule has 0 saturated carbocycles. The minimum Gasteiger partial charge on any atom is -0.394 e. The van der Waals surface area contributed by atoms with Crippen molar-refractivity contribution in [2.45, 2.75) is 31.0 Å². The van der Waals surface area contributed by atoms with Gasteiger partial charge in [-0.15, -0.1) is 0 Å². The van der Waals surface area contributed by atoms with E-state index in [1.54, 1.807) is 12.3 Å². The highest BCUT2D eigenvalue weighted by Gasteiger charge is 2.55. The summed E-state index contributed by atoms with van der Waals surface area (Å²) in [5.41, 5.74) is 4.77. The molecule has 8 heteroatoms. The van der Waals surface area contributed by atoms with Crippen LogP contribution in [0.3, 0.4) is 0 Å². The van der Waals surface area contributed by atoms with Gasteiger partial charge in [0.1, 0.15) is 30.0 Å². The number of nitrogens with two attached hydrogens (primary N) is 1. The number of aromatic nitrogens is 3. The highest BCUT2D eigenvalue weighted by Crippen LogP contribution is 2.43. The van der Waals surface area contributed by atoms with Crippen LogP contribution in [-0.2, 0) is 4.74 Å². The summed E-state index contributed by atoms with van der Waals surface area (Å²) in [6.45, 7) is 4.44. The van der Waals surface area contributed by atoms with E-state index in [1.165, 1.54) is 17.8 Å². The number of nitrogens with zero attached hydrogens (tertiary/aromatic N) is 3. The first-order chi connectivity index (χ1) is 10.4. The number of hydrogen-bond donors (Lipinski definition) is 3. The van der Waals surface area contributed by atoms with Crippen molar-refractivity contribution in [1.82, 2.24) is 14.5 Å². The zero-order chi connectivity index (χ0) is 16.1. The maximum atomic E-state index is 14.9. The van der Waals surface area contributed by atoms with Crippen LogP contribution in [0.1, 0.15) is 18.7 Å². The van der Waals surface area contributed by atoms with Crippen molar-refractivity contribution in [3.8, 4) is 0 Å². The molecule has 0 aliphatic carbocycles. The van der Waals surface area contributed by atoms with Crippen LogP contribution < -0.4 is 5.73 Å². The lowest BCUT2D eigenvalue weighted by Gasteiger charge is -2.25. The quantitative estimate of drug-likeness (QED) is 0.768. The number of aliphatic hydroxyl groups excluding tert-OH is 2. The molecule has 1 fully saturated rings. The van der Waals surface area contributed by atoms with Crippen LogP contribution in [0.5, 0.6) is 0 Å². The molecule has 3 rings (SSSR count). The molecule has 4 N–H and O–H groups in total. The van der Waals surface area contributed by atoms with E-state index in [4.69, 9.17) is 10.5 Å². The first kappa shape index (κ1) is 14.9. The number of rotatable bonds is 3. The van der Waals surface area contributed by atoms with E-state index >= 15 is 0 Å². The van der Waals surface area contributed by atoms with Crippen molar-refractivity contribution in [2.75, 3.05) is 12.3 Å². The number of hydrogen-bond acceptors (Lipinski definition) is 6. The lowest BCUT2D eigenvalue weighted by Crippen LogP contribution is -2.40. The van der Waals surface area contributed by atoms with E-state index in [1.807, 2.05) is 0 Å². The molecule has 1 aliphatic heterocycles. The van der Waals surface area contributed by atoms with Gasteiger partial charge in [-0.2, -0.15) is 0 Å². The van der Waals surface area contributed by atoms with Crippen LogP contribution in [-0.4, -0.2) is 49.2 Å². The highest BCUT2D eigenvalue weighted by atomic mass is 19.1. The summed E-state index contributed by atoms with van der Waals surface area (Å²) in [5, 5.41) is 19.7. The van der Waals surface area contributed by atoms with Gasteiger partial charge in [0, 0.05) is 11.8 Å². The van der Waals surface area contributed by atoms with Gasteiger partial charge >= 0.3 is 0 Å². The van der Waals surface area contributed by atoms with Crippen molar-refractivity contribution in [2.24, 2.45) is 0 Å². The first-order valence-electron chi connectivity index (χ1n) is 6.78. The molecule has 3 heterocycles. The summed E-state index contributed by atoms with van der Waals surface area (Å²) in [4.78, 5) is 8.05. The molecule has 1 saturated heterocycles. The van der Waals surface area contributed by atoms with Crippen LogP contribution in [0, 0.1) is 0 Å². The Balaban J connectivity index is 2.19. The standard InChI is InChI=1S/C14H17FN4O3/c1-3-7-4-19(12-9(7)11(16)17-6-18-12)13-14(2,15)10(21)8(5-20)22-13/h3-4,6,8,10,13,20-21H,1,5H2,2H3,(H2,16,17,18)/t8-,10-,13+,14-/m1/s1. The van der Waals surface area contributed by atoms with Gasteiger partial charge in [0.2, 0.25) is 0 Å². The molecule has 0 bridgehead atoms. The first-order valence-corrected chi connectivity index (χ1v) is 6.78. The smallest absolute Gasteiger partial charge is 0.181 e. The molecule has 0 radical (unpaired) electrons. The minimum atomic E-state index is -2.10. The Morgan fingerprint density at radius 3 is 2.91 bits per heavy atom. The molecule has 2 aromatic heterocycles. The second-order valence-corrected chi connectivity index (χ2v) is 5.46. The van der Waals surface area contributed by atoms with Gasteiger partial charge in [0.05, 0.1) is 12.0 Å². The Labute approximate surface area is 125 Å². The van der Waals surface area contributed by atoms with Crippen molar-refractivity contribution < 1.29 is 19.3 Å². The Morgan fingerprint density at radius 2 is 2.32 bits per heavy atom. The monoisotopic (exact) mass is 308 g/mol. The van der Waals surface area contributed by atoms with Crippen LogP contribution in [0.2, 0.25) is 0 Å². The summed E-state index contributed by atoms with van der Waals surface area (Å²) < 4.78 is 21.9. The Bertz CT molecular complexity index is 730. The molecule has 0 aromatic carbocycles. The molecule has 7 nitrogen and oxygen atoms in total. The fourth-order valence-electron chi connectivity index (χ4n) is 2.83. The maximum Gasteiger partial charge on any atom is 0.181 e. The SMILES string of the molecule is C=Cc1cn([C@H]2O[C@H](CO)[C@@H](O)[C@@]2(C)F)c2ncnc(N)c12. The molecule has 2 aromatic rings. The lowest BCUT2D eigenvalue weighted by molar-refractivity contribution is -0.0564. The average molecular weight is 308 g/mol. The topological polar surface area (TPSA) is 106 Å². The largest absolute Gasteiger partial charge is 0.394 e. The number of fused-ring (bicyclic) bond motifs is 1. The van der Waals surface area contributed by atoms with Gasteiger partial charge in [-0.3, -0.25) is 0 Å². The third-order valence-electron chi connectivity index (χ3n) is 4.04. The molecule has 4 atom stereocenters. The molecular formula is C14H17FN4O3. The summed E-state index contributed by atoms with van der Waals surface area (Å²) in [6, 6.07) is 0. The van der Waals surface area contributed by atoms with E-state index in [2.05, 4.69) is 16.5 Å². The second-order valence-electron chi connectivity index (χ2n) is 5.46. The Kier molecular flexibility index (Phi) is 3.39. The van der Waals surface area contributed by atoms with E-state index in [9.17, 15) is 14.6 Å². The summed E-state index contributed by atoms with van der Waals surface area (Å²) in [5.74, 6) is 0.247. The fourth-order valence-corrected chi connectivity index (χ4v) is 2.83. The van der Waals surface area contributed by atoms with E-state index in [0.29, 0.717) is 16.6 Å². The molecule has 0 amide bonds. The van der Waals surface area contributed by atoms with E-state index < -0.39 is 30.7 Å². The van der Waals surface area contributed by atoms with Gasteiger partial charge in [0.15, 0.2) is 11.9 Å². The number of halogens is 1. The van der Waals surface area contributed by atoms with Gasteiger partial charge in [-0.25, -0.2) is 14.4 Å². The van der Waals surface area contributed by atoms with Crippen molar-refractivity contribution in [3.63, 3.8) is 0 Å². The summed E-state index contributed by atoms with van der Waals surface area (Å²) >= 11 is 0. The molecule has 118 valence electrons. The Morgan fingerprint density at radius 1 is 1.59 bits per heavy atom. The maximum absolute atomic E-state index is 14.9. The normalized spacial score (nSPS) is 31.7. The van der Waals surface area contributed by atoms with Gasteiger partial charge in [-0.1, -0.05) is 12.7 Å². The Hall–Kier alpha value is -2.03. The molecular weight excluding hydrogens is 291 g/mol. The van der Waals surface area contributed by atoms with Gasteiger partial charge < -0.3 is 25.3 Å². The highest BCUT2D eigenvalue weighted by molar-refractivity contribution is 5.94.